The molecular weight excluding hydrogens is 326 g/mol. The van der Waals surface area contributed by atoms with Crippen LogP contribution in [0.1, 0.15) is 64.2 Å². The molecule has 2 rings (SSSR count). The van der Waals surface area contributed by atoms with Gasteiger partial charge in [0.25, 0.3) is 0 Å². The topological polar surface area (TPSA) is 6.48 Å². The largest absolute Gasteiger partial charge is 0.184 e. The zero-order valence-electron chi connectivity index (χ0n) is 11.2. The summed E-state index contributed by atoms with van der Waals surface area (Å²) in [6.07, 6.45) is 10.6. The van der Waals surface area contributed by atoms with E-state index in [1.165, 1.54) is 12.8 Å². The first-order valence-electron chi connectivity index (χ1n) is 7.21. The van der Waals surface area contributed by atoms with Gasteiger partial charge >= 0.3 is 0 Å². The minimum Gasteiger partial charge on any atom is -0.184 e. The van der Waals surface area contributed by atoms with Crippen molar-refractivity contribution < 1.29 is 0 Å². The van der Waals surface area contributed by atoms with Gasteiger partial charge in [-0.05, 0) is 49.2 Å². The Morgan fingerprint density at radius 1 is 0.632 bits per heavy atom. The second-order valence-corrected chi connectivity index (χ2v) is 8.05. The summed E-state index contributed by atoms with van der Waals surface area (Å²) in [5, 5.41) is 0. The Morgan fingerprint density at radius 3 is 1.26 bits per heavy atom. The van der Waals surface area contributed by atoms with Crippen LogP contribution in [0, 0.1) is 0 Å². The molecule has 0 atom stereocenters. The Bertz CT molecular complexity index is 260. The lowest BCUT2D eigenvalue weighted by molar-refractivity contribution is 0.124. The maximum atomic E-state index is 6.62. The average molecular weight is 348 g/mol. The van der Waals surface area contributed by atoms with Crippen molar-refractivity contribution in [2.45, 2.75) is 74.2 Å². The van der Waals surface area contributed by atoms with Gasteiger partial charge in [0, 0.05) is 0 Å². The van der Waals surface area contributed by atoms with Crippen LogP contribution in [0.2, 0.25) is 0 Å². The van der Waals surface area contributed by atoms with Crippen molar-refractivity contribution in [3.8, 4) is 0 Å². The van der Waals surface area contributed by atoms with Crippen LogP contribution in [0.4, 0.5) is 0 Å². The molecule has 0 saturated heterocycles. The van der Waals surface area contributed by atoms with Gasteiger partial charge in [0.1, 0.15) is 10.00 Å². The first-order valence-corrected chi connectivity index (χ1v) is 8.64. The first-order chi connectivity index (χ1) is 8.96. The molecule has 0 aromatic carbocycles. The van der Waals surface area contributed by atoms with E-state index >= 15 is 0 Å². The van der Waals surface area contributed by atoms with Gasteiger partial charge in [-0.15, -0.1) is 23.2 Å². The first kappa shape index (κ1) is 16.5. The highest BCUT2D eigenvalue weighted by Crippen LogP contribution is 2.42. The number of halogens is 4. The summed E-state index contributed by atoms with van der Waals surface area (Å²) in [6, 6.07) is 0. The van der Waals surface area contributed by atoms with Gasteiger partial charge in [0.05, 0.1) is 6.67 Å². The summed E-state index contributed by atoms with van der Waals surface area (Å²) in [4.78, 5) is -0.927. The average Bonchev–Trinajstić information content (AvgIpc) is 2.40. The highest BCUT2D eigenvalue weighted by molar-refractivity contribution is 6.29. The summed E-state index contributed by atoms with van der Waals surface area (Å²) in [6.45, 7) is 0.399. The van der Waals surface area contributed by atoms with E-state index in [4.69, 9.17) is 46.8 Å². The van der Waals surface area contributed by atoms with Crippen LogP contribution in [0.15, 0.2) is 0 Å². The highest BCUT2D eigenvalue weighted by Gasteiger charge is 2.41. The maximum Gasteiger partial charge on any atom is 0.111 e. The van der Waals surface area contributed by atoms with Crippen molar-refractivity contribution in [1.82, 2.24) is 8.84 Å². The Kier molecular flexibility index (Phi) is 5.97. The second kappa shape index (κ2) is 6.89. The van der Waals surface area contributed by atoms with Crippen molar-refractivity contribution >= 4 is 46.8 Å². The number of hydrogen-bond acceptors (Lipinski definition) is 2. The summed E-state index contributed by atoms with van der Waals surface area (Å²) in [5.41, 5.74) is 0. The third-order valence-corrected chi connectivity index (χ3v) is 6.56. The van der Waals surface area contributed by atoms with E-state index in [1.54, 1.807) is 8.84 Å². The van der Waals surface area contributed by atoms with Gasteiger partial charge in [-0.1, -0.05) is 38.5 Å². The number of alkyl halides is 2. The second-order valence-electron chi connectivity index (χ2n) is 5.82. The molecule has 2 aliphatic rings. The summed E-state index contributed by atoms with van der Waals surface area (Å²) < 4.78 is 3.30. The number of rotatable bonds is 4. The lowest BCUT2D eigenvalue weighted by Gasteiger charge is -2.43. The van der Waals surface area contributed by atoms with Crippen LogP contribution < -0.4 is 0 Å². The van der Waals surface area contributed by atoms with Crippen LogP contribution in [-0.2, 0) is 0 Å². The normalized spacial score (nSPS) is 26.8. The Labute approximate surface area is 136 Å². The molecule has 0 N–H and O–H groups in total. The SMILES string of the molecule is ClN(CN(Cl)C1(Cl)CCCCC1)C1(Cl)CCCCC1. The molecule has 2 nitrogen and oxygen atoms in total. The molecule has 6 heteroatoms. The van der Waals surface area contributed by atoms with E-state index in [9.17, 15) is 0 Å². The van der Waals surface area contributed by atoms with E-state index in [0.29, 0.717) is 6.67 Å². The van der Waals surface area contributed by atoms with Crippen LogP contribution in [0.3, 0.4) is 0 Å². The van der Waals surface area contributed by atoms with Gasteiger partial charge in [-0.25, -0.2) is 0 Å². The van der Waals surface area contributed by atoms with Crippen molar-refractivity contribution in [3.05, 3.63) is 0 Å². The van der Waals surface area contributed by atoms with Gasteiger partial charge in [-0.3, -0.25) is 0 Å². The minimum absolute atomic E-state index is 0.399. The Hall–Kier alpha value is 1.08. The molecule has 0 spiro atoms. The van der Waals surface area contributed by atoms with Crippen LogP contribution in [0.25, 0.3) is 0 Å². The summed E-state index contributed by atoms with van der Waals surface area (Å²) in [7, 11) is 0. The van der Waals surface area contributed by atoms with E-state index in [1.807, 2.05) is 0 Å². The monoisotopic (exact) mass is 346 g/mol. The van der Waals surface area contributed by atoms with Crippen molar-refractivity contribution in [2.24, 2.45) is 0 Å². The summed E-state index contributed by atoms with van der Waals surface area (Å²) in [5.74, 6) is 0. The number of nitrogens with zero attached hydrogens (tertiary/aromatic N) is 2. The molecule has 0 radical (unpaired) electrons. The van der Waals surface area contributed by atoms with Gasteiger partial charge in [0.15, 0.2) is 0 Å². The Balaban J connectivity index is 1.91. The van der Waals surface area contributed by atoms with Crippen molar-refractivity contribution in [1.29, 1.82) is 0 Å². The summed E-state index contributed by atoms with van der Waals surface area (Å²) >= 11 is 26.0. The molecule has 0 heterocycles. The number of hydrogen-bond donors (Lipinski definition) is 0. The molecule has 19 heavy (non-hydrogen) atoms. The van der Waals surface area contributed by atoms with Gasteiger partial charge in [0.2, 0.25) is 0 Å². The fourth-order valence-corrected chi connectivity index (χ4v) is 4.28. The standard InChI is InChI=1S/C13H22Cl4N2/c14-12(7-3-1-4-8-12)18(16)11-19(17)13(15)9-5-2-6-10-13/h1-11H2. The molecule has 2 saturated carbocycles. The van der Waals surface area contributed by atoms with Crippen LogP contribution >= 0.6 is 46.8 Å². The maximum absolute atomic E-state index is 6.62. The lowest BCUT2D eigenvalue weighted by Crippen LogP contribution is -2.49. The predicted molar refractivity (Wildman–Crippen MR) is 83.6 cm³/mol. The molecule has 2 aliphatic carbocycles. The highest BCUT2D eigenvalue weighted by atomic mass is 35.5. The third-order valence-electron chi connectivity index (χ3n) is 4.36. The van der Waals surface area contributed by atoms with Gasteiger partial charge < -0.3 is 0 Å². The molecular formula is C13H22Cl4N2. The molecule has 0 aromatic rings. The van der Waals surface area contributed by atoms with Gasteiger partial charge in [-0.2, -0.15) is 8.84 Å². The minimum atomic E-state index is -0.463. The fourth-order valence-electron chi connectivity index (χ4n) is 3.03. The molecule has 112 valence electrons. The zero-order chi connectivity index (χ0) is 13.9. The van der Waals surface area contributed by atoms with E-state index in [-0.39, 0.29) is 0 Å². The fraction of sp³-hybridized carbons (Fsp3) is 1.00. The smallest absolute Gasteiger partial charge is 0.111 e. The molecule has 0 amide bonds. The Morgan fingerprint density at radius 2 is 0.947 bits per heavy atom. The third kappa shape index (κ3) is 4.05. The molecule has 0 aromatic heterocycles. The van der Waals surface area contributed by atoms with E-state index in [0.717, 1.165) is 51.4 Å². The molecule has 0 unspecified atom stereocenters. The lowest BCUT2D eigenvalue weighted by atomic mass is 9.94. The predicted octanol–water partition coefficient (Wildman–Crippen LogP) is 5.65. The van der Waals surface area contributed by atoms with Crippen molar-refractivity contribution in [2.75, 3.05) is 6.67 Å². The van der Waals surface area contributed by atoms with Crippen LogP contribution in [-0.4, -0.2) is 25.5 Å². The van der Waals surface area contributed by atoms with E-state index < -0.39 is 10.00 Å². The van der Waals surface area contributed by atoms with E-state index in [2.05, 4.69) is 0 Å². The van der Waals surface area contributed by atoms with Crippen LogP contribution in [0.5, 0.6) is 0 Å². The molecule has 2 fully saturated rings. The quantitative estimate of drug-likeness (QED) is 0.280. The molecule has 0 bridgehead atoms. The van der Waals surface area contributed by atoms with Crippen molar-refractivity contribution in [3.63, 3.8) is 0 Å². The zero-order valence-corrected chi connectivity index (χ0v) is 14.2. The molecule has 0 aliphatic heterocycles.